The molecule has 0 radical (unpaired) electrons. The predicted molar refractivity (Wildman–Crippen MR) is 145 cm³/mol. The van der Waals surface area contributed by atoms with Crippen molar-refractivity contribution < 1.29 is 32.0 Å². The van der Waals surface area contributed by atoms with Gasteiger partial charge in [0, 0.05) is 60.6 Å². The summed E-state index contributed by atoms with van der Waals surface area (Å²) < 4.78 is 51.5. The first kappa shape index (κ1) is 27.8. The largest absolute Gasteiger partial charge is 0.416 e. The molecule has 1 aliphatic rings. The summed E-state index contributed by atoms with van der Waals surface area (Å²) >= 11 is 0. The predicted octanol–water partition coefficient (Wildman–Crippen LogP) is 5.08. The maximum Gasteiger partial charge on any atom is 0.416 e. The number of carbonyl (C=O) groups is 2. The molecule has 0 saturated carbocycles. The van der Waals surface area contributed by atoms with Crippen LogP contribution in [0, 0.1) is 6.92 Å². The zero-order valence-corrected chi connectivity index (χ0v) is 22.0. The van der Waals surface area contributed by atoms with Gasteiger partial charge < -0.3 is 24.8 Å². The molecule has 0 unspecified atom stereocenters. The van der Waals surface area contributed by atoms with Gasteiger partial charge in [-0.15, -0.1) is 0 Å². The number of nitrogens with zero attached hydrogens (tertiary/aromatic N) is 3. The van der Waals surface area contributed by atoms with Crippen LogP contribution in [0.2, 0.25) is 0 Å². The van der Waals surface area contributed by atoms with Gasteiger partial charge >= 0.3 is 6.18 Å². The molecule has 5 rings (SSSR count). The molecule has 2 amide bonds. The van der Waals surface area contributed by atoms with Gasteiger partial charge in [-0.3, -0.25) is 14.6 Å². The monoisotopic (exact) mass is 565 g/mol. The van der Waals surface area contributed by atoms with E-state index in [1.807, 2.05) is 13.0 Å². The summed E-state index contributed by atoms with van der Waals surface area (Å²) in [5.41, 5.74) is 2.15. The maximum atomic E-state index is 13.7. The molecule has 2 N–H and O–H groups in total. The van der Waals surface area contributed by atoms with Gasteiger partial charge in [-0.1, -0.05) is 17.3 Å². The molecule has 41 heavy (non-hydrogen) atoms. The van der Waals surface area contributed by atoms with Gasteiger partial charge in [-0.25, -0.2) is 0 Å². The number of anilines is 2. The van der Waals surface area contributed by atoms with Gasteiger partial charge in [0.05, 0.1) is 18.8 Å². The molecule has 1 aliphatic heterocycles. The summed E-state index contributed by atoms with van der Waals surface area (Å²) in [6, 6.07) is 13.4. The number of amides is 2. The molecule has 12 heteroatoms. The number of aromatic nitrogens is 2. The molecular weight excluding hydrogens is 539 g/mol. The lowest BCUT2D eigenvalue weighted by atomic mass is 10.0. The second-order valence-corrected chi connectivity index (χ2v) is 9.47. The maximum absolute atomic E-state index is 13.7. The Labute approximate surface area is 233 Å². The van der Waals surface area contributed by atoms with E-state index < -0.39 is 23.6 Å². The standard InChI is InChI=1S/C29H26F3N5O4/c1-18-4-5-22(14-24(18)25-15-26(41-36-25)28(39)34-17-19-3-2-6-33-16-19)35-27(38)20-11-21(29(30,31)32)13-23(12-20)37-7-9-40-10-8-37/h2-6,11-16H,7-10,17H2,1H3,(H,34,39)(H,35,38). The summed E-state index contributed by atoms with van der Waals surface area (Å²) in [6.07, 6.45) is -1.35. The Kier molecular flexibility index (Phi) is 8.02. The van der Waals surface area contributed by atoms with Gasteiger partial charge in [-0.2, -0.15) is 13.2 Å². The van der Waals surface area contributed by atoms with Crippen molar-refractivity contribution in [2.75, 3.05) is 36.5 Å². The Balaban J connectivity index is 1.34. The first-order valence-corrected chi connectivity index (χ1v) is 12.8. The van der Waals surface area contributed by atoms with Crippen LogP contribution in [0.3, 0.4) is 0 Å². The highest BCUT2D eigenvalue weighted by molar-refractivity contribution is 6.05. The number of hydrogen-bond donors (Lipinski definition) is 2. The number of alkyl halides is 3. The molecular formula is C29H26F3N5O4. The molecule has 0 bridgehead atoms. The van der Waals surface area contributed by atoms with Crippen molar-refractivity contribution >= 4 is 23.2 Å². The topological polar surface area (TPSA) is 110 Å². The summed E-state index contributed by atoms with van der Waals surface area (Å²) in [6.45, 7) is 3.70. The van der Waals surface area contributed by atoms with E-state index in [-0.39, 0.29) is 17.9 Å². The van der Waals surface area contributed by atoms with Crippen LogP contribution in [0.25, 0.3) is 11.3 Å². The van der Waals surface area contributed by atoms with E-state index in [0.29, 0.717) is 48.9 Å². The lowest BCUT2D eigenvalue weighted by Gasteiger charge is -2.29. The number of ether oxygens (including phenoxy) is 1. The lowest BCUT2D eigenvalue weighted by Crippen LogP contribution is -2.36. The van der Waals surface area contributed by atoms with Crippen LogP contribution in [0.15, 0.2) is 71.5 Å². The van der Waals surface area contributed by atoms with Crippen molar-refractivity contribution in [3.8, 4) is 11.3 Å². The average molecular weight is 566 g/mol. The van der Waals surface area contributed by atoms with Gasteiger partial charge in [0.1, 0.15) is 5.69 Å². The fourth-order valence-electron chi connectivity index (χ4n) is 4.37. The number of pyridine rings is 1. The number of halogens is 3. The third-order valence-electron chi connectivity index (χ3n) is 6.56. The van der Waals surface area contributed by atoms with E-state index in [4.69, 9.17) is 9.26 Å². The van der Waals surface area contributed by atoms with Crippen LogP contribution >= 0.6 is 0 Å². The Hall–Kier alpha value is -4.71. The number of morpholine rings is 1. The normalized spacial score (nSPS) is 13.6. The molecule has 0 aliphatic carbocycles. The third kappa shape index (κ3) is 6.72. The number of benzene rings is 2. The Morgan fingerprint density at radius 2 is 1.83 bits per heavy atom. The molecule has 9 nitrogen and oxygen atoms in total. The van der Waals surface area contributed by atoms with E-state index in [1.54, 1.807) is 41.6 Å². The van der Waals surface area contributed by atoms with Crippen LogP contribution < -0.4 is 15.5 Å². The van der Waals surface area contributed by atoms with Gasteiger partial charge in [0.2, 0.25) is 5.76 Å². The van der Waals surface area contributed by atoms with E-state index >= 15 is 0 Å². The minimum Gasteiger partial charge on any atom is -0.378 e. The smallest absolute Gasteiger partial charge is 0.378 e. The SMILES string of the molecule is Cc1ccc(NC(=O)c2cc(N3CCOCC3)cc(C(F)(F)F)c2)cc1-c1cc(C(=O)NCc2cccnc2)on1. The Morgan fingerprint density at radius 3 is 2.56 bits per heavy atom. The van der Waals surface area contributed by atoms with Crippen molar-refractivity contribution in [3.05, 3.63) is 95.0 Å². The molecule has 212 valence electrons. The van der Waals surface area contributed by atoms with E-state index in [9.17, 15) is 22.8 Å². The molecule has 2 aromatic carbocycles. The van der Waals surface area contributed by atoms with E-state index in [0.717, 1.165) is 23.3 Å². The second kappa shape index (κ2) is 11.8. The average Bonchev–Trinajstić information content (AvgIpc) is 3.47. The summed E-state index contributed by atoms with van der Waals surface area (Å²) in [4.78, 5) is 31.4. The Bertz CT molecular complexity index is 1550. The number of rotatable bonds is 7. The quantitative estimate of drug-likeness (QED) is 0.322. The second-order valence-electron chi connectivity index (χ2n) is 9.47. The van der Waals surface area contributed by atoms with Crippen molar-refractivity contribution in [1.82, 2.24) is 15.5 Å². The number of nitrogens with one attached hydrogen (secondary N) is 2. The van der Waals surface area contributed by atoms with E-state index in [1.165, 1.54) is 12.1 Å². The van der Waals surface area contributed by atoms with Crippen LogP contribution in [-0.2, 0) is 17.5 Å². The number of hydrogen-bond acceptors (Lipinski definition) is 7. The van der Waals surface area contributed by atoms with Crippen molar-refractivity contribution in [2.24, 2.45) is 0 Å². The molecule has 1 saturated heterocycles. The lowest BCUT2D eigenvalue weighted by molar-refractivity contribution is -0.137. The highest BCUT2D eigenvalue weighted by Crippen LogP contribution is 2.34. The molecule has 0 spiro atoms. The Morgan fingerprint density at radius 1 is 1.02 bits per heavy atom. The molecule has 1 fully saturated rings. The zero-order chi connectivity index (χ0) is 29.0. The van der Waals surface area contributed by atoms with Crippen molar-refractivity contribution in [2.45, 2.75) is 19.6 Å². The third-order valence-corrected chi connectivity index (χ3v) is 6.56. The highest BCUT2D eigenvalue weighted by atomic mass is 19.4. The zero-order valence-electron chi connectivity index (χ0n) is 22.0. The van der Waals surface area contributed by atoms with Gasteiger partial charge in [-0.05, 0) is 54.4 Å². The summed E-state index contributed by atoms with van der Waals surface area (Å²) in [5, 5.41) is 9.41. The summed E-state index contributed by atoms with van der Waals surface area (Å²) in [5.74, 6) is -1.16. The van der Waals surface area contributed by atoms with Gasteiger partial charge in [0.15, 0.2) is 0 Å². The van der Waals surface area contributed by atoms with Gasteiger partial charge in [0.25, 0.3) is 11.8 Å². The molecule has 0 atom stereocenters. The number of carbonyl (C=O) groups excluding carboxylic acids is 2. The summed E-state index contributed by atoms with van der Waals surface area (Å²) in [7, 11) is 0. The van der Waals surface area contributed by atoms with Crippen LogP contribution in [-0.4, -0.2) is 48.3 Å². The number of aryl methyl sites for hydroxylation is 1. The molecule has 3 heterocycles. The minimum absolute atomic E-state index is 0.00247. The molecule has 4 aromatic rings. The van der Waals surface area contributed by atoms with Crippen LogP contribution in [0.4, 0.5) is 24.5 Å². The fourth-order valence-corrected chi connectivity index (χ4v) is 4.37. The van der Waals surface area contributed by atoms with Crippen LogP contribution in [0.5, 0.6) is 0 Å². The highest BCUT2D eigenvalue weighted by Gasteiger charge is 2.32. The van der Waals surface area contributed by atoms with Crippen molar-refractivity contribution in [1.29, 1.82) is 0 Å². The van der Waals surface area contributed by atoms with Crippen molar-refractivity contribution in [3.63, 3.8) is 0 Å². The van der Waals surface area contributed by atoms with Crippen LogP contribution in [0.1, 0.15) is 37.6 Å². The minimum atomic E-state index is -4.62. The first-order valence-electron chi connectivity index (χ1n) is 12.8. The molecule has 2 aromatic heterocycles. The first-order chi connectivity index (χ1) is 19.7. The van der Waals surface area contributed by atoms with E-state index in [2.05, 4.69) is 20.8 Å². The fraction of sp³-hybridized carbons (Fsp3) is 0.241.